The molecular weight excluding hydrogens is 218 g/mol. The molecule has 0 N–H and O–H groups in total. The molecule has 0 amide bonds. The van der Waals surface area contributed by atoms with Gasteiger partial charge in [0.05, 0.1) is 6.54 Å². The Balaban J connectivity index is 1.82. The minimum atomic E-state index is 0.709. The maximum atomic E-state index is 4.55. The molecule has 2 heterocycles. The molecule has 0 aliphatic carbocycles. The number of hydrogen-bond acceptors (Lipinski definition) is 4. The largest absolute Gasteiger partial charge is 0.349 e. The monoisotopic (exact) mass is 241 g/mol. The fraction of sp³-hybridized carbons (Fsp3) is 0.917. The average molecular weight is 241 g/mol. The molecule has 0 radical (unpaired) electrons. The van der Waals surface area contributed by atoms with Gasteiger partial charge in [0, 0.05) is 38.0 Å². The first-order valence-electron chi connectivity index (χ1n) is 6.34. The van der Waals surface area contributed by atoms with E-state index in [0.717, 1.165) is 25.6 Å². The molecular formula is C12H23N3S. The van der Waals surface area contributed by atoms with Crippen LogP contribution < -0.4 is 0 Å². The zero-order valence-corrected chi connectivity index (χ0v) is 11.5. The number of hydrogen-bond donors (Lipinski definition) is 0. The van der Waals surface area contributed by atoms with Crippen molar-refractivity contribution in [1.29, 1.82) is 0 Å². The molecule has 3 nitrogen and oxygen atoms in total. The normalized spacial score (nSPS) is 25.0. The first-order chi connectivity index (χ1) is 7.68. The van der Waals surface area contributed by atoms with Crippen LogP contribution >= 0.6 is 11.8 Å². The third-order valence-electron chi connectivity index (χ3n) is 3.70. The molecule has 0 saturated carbocycles. The highest BCUT2D eigenvalue weighted by molar-refractivity contribution is 8.14. The zero-order chi connectivity index (χ0) is 11.5. The quantitative estimate of drug-likeness (QED) is 0.734. The molecule has 0 aromatic carbocycles. The van der Waals surface area contributed by atoms with E-state index in [0.29, 0.717) is 6.04 Å². The van der Waals surface area contributed by atoms with Crippen molar-refractivity contribution in [3.8, 4) is 0 Å². The first kappa shape index (κ1) is 12.2. The lowest BCUT2D eigenvalue weighted by atomic mass is 10.0. The second kappa shape index (κ2) is 5.41. The molecule has 1 atom stereocenters. The summed E-state index contributed by atoms with van der Waals surface area (Å²) in [5.41, 5.74) is 0. The van der Waals surface area contributed by atoms with Gasteiger partial charge in [0.1, 0.15) is 0 Å². The second-order valence-corrected chi connectivity index (χ2v) is 6.08. The minimum Gasteiger partial charge on any atom is -0.349 e. The number of amidine groups is 1. The third kappa shape index (κ3) is 2.72. The summed E-state index contributed by atoms with van der Waals surface area (Å²) in [6, 6.07) is 0.709. The summed E-state index contributed by atoms with van der Waals surface area (Å²) in [5, 5.41) is 1.29. The molecule has 1 fully saturated rings. The Kier molecular flexibility index (Phi) is 4.14. The van der Waals surface area contributed by atoms with Crippen molar-refractivity contribution in [1.82, 2.24) is 9.80 Å². The van der Waals surface area contributed by atoms with E-state index in [2.05, 4.69) is 35.6 Å². The maximum Gasteiger partial charge on any atom is 0.159 e. The Hall–Kier alpha value is -0.220. The number of aliphatic imine (C=N–C) groups is 1. The summed E-state index contributed by atoms with van der Waals surface area (Å²) in [5.74, 6) is 1.93. The molecule has 2 aliphatic heterocycles. The highest BCUT2D eigenvalue weighted by atomic mass is 32.2. The lowest BCUT2D eigenvalue weighted by Crippen LogP contribution is -2.51. The number of rotatable bonds is 2. The van der Waals surface area contributed by atoms with Crippen LogP contribution in [0.2, 0.25) is 0 Å². The van der Waals surface area contributed by atoms with Gasteiger partial charge in [-0.1, -0.05) is 25.6 Å². The lowest BCUT2D eigenvalue weighted by Gasteiger charge is -2.40. The van der Waals surface area contributed by atoms with Crippen LogP contribution in [0, 0.1) is 5.92 Å². The Morgan fingerprint density at radius 1 is 1.12 bits per heavy atom. The Bertz CT molecular complexity index is 257. The predicted molar refractivity (Wildman–Crippen MR) is 72.2 cm³/mol. The van der Waals surface area contributed by atoms with Gasteiger partial charge in [-0.05, 0) is 12.8 Å². The van der Waals surface area contributed by atoms with Crippen LogP contribution in [-0.4, -0.2) is 59.5 Å². The number of nitrogens with zero attached hydrogens (tertiary/aromatic N) is 3. The Morgan fingerprint density at radius 3 is 2.31 bits per heavy atom. The van der Waals surface area contributed by atoms with Gasteiger partial charge < -0.3 is 4.90 Å². The van der Waals surface area contributed by atoms with Gasteiger partial charge in [-0.3, -0.25) is 9.89 Å². The highest BCUT2D eigenvalue weighted by Gasteiger charge is 2.25. The van der Waals surface area contributed by atoms with Crippen molar-refractivity contribution >= 4 is 16.9 Å². The van der Waals surface area contributed by atoms with Gasteiger partial charge in [0.15, 0.2) is 5.17 Å². The van der Waals surface area contributed by atoms with Crippen LogP contribution in [0.4, 0.5) is 0 Å². The highest BCUT2D eigenvalue weighted by Crippen LogP contribution is 2.19. The van der Waals surface area contributed by atoms with Crippen LogP contribution in [0.3, 0.4) is 0 Å². The van der Waals surface area contributed by atoms with Gasteiger partial charge in [0.25, 0.3) is 0 Å². The van der Waals surface area contributed by atoms with Crippen LogP contribution in [0.1, 0.15) is 20.8 Å². The molecule has 1 saturated heterocycles. The van der Waals surface area contributed by atoms with Crippen molar-refractivity contribution in [3.63, 3.8) is 0 Å². The summed E-state index contributed by atoms with van der Waals surface area (Å²) >= 11 is 1.92. The lowest BCUT2D eigenvalue weighted by molar-refractivity contribution is 0.116. The van der Waals surface area contributed by atoms with E-state index in [1.165, 1.54) is 24.0 Å². The topological polar surface area (TPSA) is 18.8 Å². The van der Waals surface area contributed by atoms with E-state index in [-0.39, 0.29) is 0 Å². The van der Waals surface area contributed by atoms with Gasteiger partial charge in [0.2, 0.25) is 0 Å². The first-order valence-corrected chi connectivity index (χ1v) is 7.33. The molecule has 92 valence electrons. The van der Waals surface area contributed by atoms with Crippen molar-refractivity contribution in [3.05, 3.63) is 0 Å². The van der Waals surface area contributed by atoms with Crippen LogP contribution in [-0.2, 0) is 0 Å². The number of piperazine rings is 1. The predicted octanol–water partition coefficient (Wildman–Crippen LogP) is 1.75. The molecule has 0 spiro atoms. The molecule has 1 unspecified atom stereocenters. The van der Waals surface area contributed by atoms with Crippen LogP contribution in [0.15, 0.2) is 4.99 Å². The Labute approximate surface area is 103 Å². The Morgan fingerprint density at radius 2 is 1.81 bits per heavy atom. The minimum absolute atomic E-state index is 0.709. The van der Waals surface area contributed by atoms with E-state index in [1.807, 2.05) is 11.8 Å². The van der Waals surface area contributed by atoms with E-state index in [9.17, 15) is 0 Å². The summed E-state index contributed by atoms with van der Waals surface area (Å²) in [6.07, 6.45) is 0. The van der Waals surface area contributed by atoms with Gasteiger partial charge in [-0.15, -0.1) is 0 Å². The fourth-order valence-corrected chi connectivity index (χ4v) is 3.17. The van der Waals surface area contributed by atoms with Gasteiger partial charge in [-0.2, -0.15) is 0 Å². The van der Waals surface area contributed by atoms with Gasteiger partial charge >= 0.3 is 0 Å². The summed E-state index contributed by atoms with van der Waals surface area (Å²) in [7, 11) is 0. The summed E-state index contributed by atoms with van der Waals surface area (Å²) < 4.78 is 0. The van der Waals surface area contributed by atoms with E-state index in [4.69, 9.17) is 0 Å². The molecule has 0 aromatic rings. The summed E-state index contributed by atoms with van der Waals surface area (Å²) in [6.45, 7) is 12.7. The number of thioether (sulfide) groups is 1. The molecule has 0 aromatic heterocycles. The maximum absolute atomic E-state index is 4.55. The molecule has 4 heteroatoms. The van der Waals surface area contributed by atoms with Crippen LogP contribution in [0.25, 0.3) is 0 Å². The van der Waals surface area contributed by atoms with Crippen molar-refractivity contribution in [2.45, 2.75) is 26.8 Å². The van der Waals surface area contributed by atoms with Crippen LogP contribution in [0.5, 0.6) is 0 Å². The smallest absolute Gasteiger partial charge is 0.159 e. The van der Waals surface area contributed by atoms with E-state index < -0.39 is 0 Å². The zero-order valence-electron chi connectivity index (χ0n) is 10.6. The van der Waals surface area contributed by atoms with Crippen molar-refractivity contribution in [2.24, 2.45) is 10.9 Å². The van der Waals surface area contributed by atoms with E-state index in [1.54, 1.807) is 0 Å². The second-order valence-electron chi connectivity index (χ2n) is 5.02. The molecule has 2 rings (SSSR count). The van der Waals surface area contributed by atoms with Crippen molar-refractivity contribution < 1.29 is 0 Å². The van der Waals surface area contributed by atoms with Gasteiger partial charge in [-0.25, -0.2) is 0 Å². The summed E-state index contributed by atoms with van der Waals surface area (Å²) in [4.78, 5) is 9.62. The SMILES string of the molecule is CC(C)C(C)N1CCN(C2=NCCS2)CC1. The average Bonchev–Trinajstić information content (AvgIpc) is 2.81. The molecule has 0 bridgehead atoms. The molecule has 16 heavy (non-hydrogen) atoms. The van der Waals surface area contributed by atoms with Crippen molar-refractivity contribution in [2.75, 3.05) is 38.5 Å². The standard InChI is InChI=1S/C12H23N3S/c1-10(2)11(3)14-5-7-15(8-6-14)12-13-4-9-16-12/h10-11H,4-9H2,1-3H3. The molecule has 2 aliphatic rings. The van der Waals surface area contributed by atoms with E-state index >= 15 is 0 Å². The third-order valence-corrected chi connectivity index (χ3v) is 4.73. The fourth-order valence-electron chi connectivity index (χ4n) is 2.26.